The molecule has 3 rings (SSSR count). The maximum absolute atomic E-state index is 6.03. The molecular formula is C22H26ClN5O3. The smallest absolute Gasteiger partial charge is 0.228 e. The zero-order chi connectivity index (χ0) is 22.2. The molecule has 1 aromatic heterocycles. The van der Waals surface area contributed by atoms with E-state index in [1.54, 1.807) is 33.4 Å². The molecule has 3 aromatic rings. The van der Waals surface area contributed by atoms with Crippen LogP contribution in [-0.2, 0) is 13.0 Å². The number of hydrogen-bond donors (Lipinski definition) is 1. The molecule has 0 bridgehead atoms. The third-order valence-electron chi connectivity index (χ3n) is 4.65. The topological polar surface area (TPSA) is 85.0 Å². The summed E-state index contributed by atoms with van der Waals surface area (Å²) in [7, 11) is 6.98. The largest absolute Gasteiger partial charge is 0.497 e. The number of methoxy groups -OCH3 is 2. The van der Waals surface area contributed by atoms with Gasteiger partial charge >= 0.3 is 0 Å². The Labute approximate surface area is 186 Å². The van der Waals surface area contributed by atoms with E-state index in [0.29, 0.717) is 36.2 Å². The van der Waals surface area contributed by atoms with Crippen LogP contribution in [0.4, 0.5) is 0 Å². The molecule has 0 saturated heterocycles. The highest BCUT2D eigenvalue weighted by molar-refractivity contribution is 6.30. The van der Waals surface area contributed by atoms with Crippen molar-refractivity contribution < 1.29 is 14.0 Å². The van der Waals surface area contributed by atoms with Crippen LogP contribution in [0.5, 0.6) is 11.5 Å². The van der Waals surface area contributed by atoms with Gasteiger partial charge in [0.25, 0.3) is 0 Å². The van der Waals surface area contributed by atoms with E-state index in [1.165, 1.54) is 0 Å². The monoisotopic (exact) mass is 443 g/mol. The molecule has 0 radical (unpaired) electrons. The van der Waals surface area contributed by atoms with Gasteiger partial charge in [-0.05, 0) is 24.3 Å². The zero-order valence-corrected chi connectivity index (χ0v) is 18.8. The molecule has 9 heteroatoms. The highest BCUT2D eigenvalue weighted by Gasteiger charge is 2.13. The van der Waals surface area contributed by atoms with Crippen molar-refractivity contribution in [1.82, 2.24) is 20.4 Å². The van der Waals surface area contributed by atoms with Crippen molar-refractivity contribution in [2.45, 2.75) is 13.0 Å². The van der Waals surface area contributed by atoms with Gasteiger partial charge in [-0.15, -0.1) is 0 Å². The van der Waals surface area contributed by atoms with Crippen molar-refractivity contribution in [2.75, 3.05) is 34.9 Å². The van der Waals surface area contributed by atoms with Crippen LogP contribution in [0.3, 0.4) is 0 Å². The number of aromatic nitrogens is 2. The Morgan fingerprint density at radius 2 is 2.03 bits per heavy atom. The summed E-state index contributed by atoms with van der Waals surface area (Å²) in [6.07, 6.45) is 0.562. The molecule has 0 fully saturated rings. The second kappa shape index (κ2) is 10.7. The molecule has 0 spiro atoms. The summed E-state index contributed by atoms with van der Waals surface area (Å²) in [5.74, 6) is 3.32. The number of ether oxygens (including phenoxy) is 2. The van der Waals surface area contributed by atoms with Crippen LogP contribution in [0.1, 0.15) is 11.5 Å². The number of nitrogens with zero attached hydrogens (tertiary/aromatic N) is 4. The lowest BCUT2D eigenvalue weighted by Crippen LogP contribution is -2.39. The third kappa shape index (κ3) is 5.88. The van der Waals surface area contributed by atoms with E-state index in [9.17, 15) is 0 Å². The Kier molecular flexibility index (Phi) is 7.72. The number of guanidine groups is 1. The van der Waals surface area contributed by atoms with Crippen LogP contribution >= 0.6 is 11.6 Å². The number of halogens is 1. The Balaban J connectivity index is 1.56. The predicted molar refractivity (Wildman–Crippen MR) is 121 cm³/mol. The van der Waals surface area contributed by atoms with E-state index in [-0.39, 0.29) is 0 Å². The van der Waals surface area contributed by atoms with Gasteiger partial charge in [0.2, 0.25) is 11.7 Å². The number of nitrogens with one attached hydrogen (secondary N) is 1. The molecule has 1 N–H and O–H groups in total. The molecule has 0 aliphatic carbocycles. The molecular weight excluding hydrogens is 418 g/mol. The molecule has 2 aromatic carbocycles. The van der Waals surface area contributed by atoms with E-state index >= 15 is 0 Å². The summed E-state index contributed by atoms with van der Waals surface area (Å²) < 4.78 is 16.1. The molecule has 0 amide bonds. The minimum atomic E-state index is 0.519. The van der Waals surface area contributed by atoms with Crippen LogP contribution in [0.15, 0.2) is 52.0 Å². The van der Waals surface area contributed by atoms with Gasteiger partial charge in [-0.25, -0.2) is 0 Å². The molecule has 1 heterocycles. The van der Waals surface area contributed by atoms with Crippen LogP contribution in [-0.4, -0.2) is 55.9 Å². The Bertz CT molecular complexity index is 1040. The minimum Gasteiger partial charge on any atom is -0.497 e. The van der Waals surface area contributed by atoms with E-state index < -0.39 is 0 Å². The summed E-state index contributed by atoms with van der Waals surface area (Å²) in [6.45, 7) is 1.21. The lowest BCUT2D eigenvalue weighted by molar-refractivity contribution is 0.376. The molecule has 0 unspecified atom stereocenters. The van der Waals surface area contributed by atoms with Gasteiger partial charge in [0.15, 0.2) is 5.96 Å². The normalized spacial score (nSPS) is 11.3. The Hall–Kier alpha value is -3.26. The van der Waals surface area contributed by atoms with Crippen LogP contribution in [0.25, 0.3) is 11.4 Å². The molecule has 8 nitrogen and oxygen atoms in total. The zero-order valence-electron chi connectivity index (χ0n) is 18.1. The summed E-state index contributed by atoms with van der Waals surface area (Å²) in [4.78, 5) is 10.8. The average molecular weight is 444 g/mol. The first-order valence-corrected chi connectivity index (χ1v) is 10.1. The lowest BCUT2D eigenvalue weighted by Gasteiger charge is -2.23. The van der Waals surface area contributed by atoms with Gasteiger partial charge in [0, 0.05) is 55.8 Å². The standard InChI is InChI=1S/C22H26ClN5O3/c1-24-22(28(2)14-16-8-9-18(29-3)13-19(16)30-4)25-11-10-20-26-21(27-31-20)15-6-5-7-17(23)12-15/h5-9,12-13H,10-11,14H2,1-4H3,(H,24,25). The minimum absolute atomic E-state index is 0.519. The van der Waals surface area contributed by atoms with Gasteiger partial charge in [-0.1, -0.05) is 28.9 Å². The highest BCUT2D eigenvalue weighted by Crippen LogP contribution is 2.25. The van der Waals surface area contributed by atoms with Crippen LogP contribution < -0.4 is 14.8 Å². The van der Waals surface area contributed by atoms with E-state index in [2.05, 4.69) is 20.4 Å². The summed E-state index contributed by atoms with van der Waals surface area (Å²) in [5, 5.41) is 7.98. The first kappa shape index (κ1) is 22.4. The maximum Gasteiger partial charge on any atom is 0.228 e. The van der Waals surface area contributed by atoms with E-state index in [1.807, 2.05) is 42.3 Å². The van der Waals surface area contributed by atoms with Gasteiger partial charge in [0.1, 0.15) is 11.5 Å². The predicted octanol–water partition coefficient (Wildman–Crippen LogP) is 3.66. The summed E-state index contributed by atoms with van der Waals surface area (Å²) >= 11 is 6.03. The van der Waals surface area contributed by atoms with Crippen LogP contribution in [0.2, 0.25) is 5.02 Å². The van der Waals surface area contributed by atoms with Crippen molar-refractivity contribution in [3.8, 4) is 22.9 Å². The molecule has 0 saturated carbocycles. The summed E-state index contributed by atoms with van der Waals surface area (Å²) in [5.41, 5.74) is 1.84. The Morgan fingerprint density at radius 3 is 2.74 bits per heavy atom. The quantitative estimate of drug-likeness (QED) is 0.420. The maximum atomic E-state index is 6.03. The second-order valence-electron chi connectivity index (χ2n) is 6.78. The number of hydrogen-bond acceptors (Lipinski definition) is 6. The fourth-order valence-electron chi connectivity index (χ4n) is 3.08. The van der Waals surface area contributed by atoms with E-state index in [4.69, 9.17) is 25.6 Å². The van der Waals surface area contributed by atoms with Gasteiger partial charge in [-0.3, -0.25) is 4.99 Å². The third-order valence-corrected chi connectivity index (χ3v) is 4.88. The highest BCUT2D eigenvalue weighted by atomic mass is 35.5. The summed E-state index contributed by atoms with van der Waals surface area (Å²) in [6, 6.07) is 13.1. The Morgan fingerprint density at radius 1 is 1.19 bits per heavy atom. The van der Waals surface area contributed by atoms with Gasteiger partial charge in [-0.2, -0.15) is 4.98 Å². The first-order valence-electron chi connectivity index (χ1n) is 9.75. The molecule has 0 aliphatic rings. The second-order valence-corrected chi connectivity index (χ2v) is 7.22. The van der Waals surface area contributed by atoms with E-state index in [0.717, 1.165) is 28.6 Å². The van der Waals surface area contributed by atoms with Gasteiger partial charge < -0.3 is 24.2 Å². The van der Waals surface area contributed by atoms with Crippen molar-refractivity contribution in [3.63, 3.8) is 0 Å². The van der Waals surface area contributed by atoms with Crippen molar-refractivity contribution >= 4 is 17.6 Å². The average Bonchev–Trinajstić information content (AvgIpc) is 3.26. The molecule has 31 heavy (non-hydrogen) atoms. The molecule has 0 atom stereocenters. The number of benzene rings is 2. The van der Waals surface area contributed by atoms with Crippen molar-refractivity contribution in [3.05, 3.63) is 58.9 Å². The van der Waals surface area contributed by atoms with Gasteiger partial charge in [0.05, 0.1) is 14.2 Å². The van der Waals surface area contributed by atoms with Crippen LogP contribution in [0, 0.1) is 0 Å². The number of aliphatic imine (C=N–C) groups is 1. The SMILES string of the molecule is CN=C(NCCc1nc(-c2cccc(Cl)c2)no1)N(C)Cc1ccc(OC)cc1OC. The van der Waals surface area contributed by atoms with Crippen molar-refractivity contribution in [1.29, 1.82) is 0 Å². The fraction of sp³-hybridized carbons (Fsp3) is 0.318. The molecule has 164 valence electrons. The molecule has 0 aliphatic heterocycles. The number of rotatable bonds is 8. The lowest BCUT2D eigenvalue weighted by atomic mass is 10.2. The first-order chi connectivity index (χ1) is 15.0. The van der Waals surface area contributed by atoms with Crippen molar-refractivity contribution in [2.24, 2.45) is 4.99 Å². The fourth-order valence-corrected chi connectivity index (χ4v) is 3.27.